The number of amides is 2. The highest BCUT2D eigenvalue weighted by Gasteiger charge is 2.13. The van der Waals surface area contributed by atoms with Crippen LogP contribution >= 0.6 is 0 Å². The Morgan fingerprint density at radius 2 is 2.29 bits per heavy atom. The van der Waals surface area contributed by atoms with E-state index in [2.05, 4.69) is 15.6 Å². The van der Waals surface area contributed by atoms with E-state index >= 15 is 0 Å². The van der Waals surface area contributed by atoms with Crippen molar-refractivity contribution in [3.8, 4) is 0 Å². The number of carbonyl (C=O) groups excluding carboxylic acids is 2. The minimum absolute atomic E-state index is 0.127. The van der Waals surface area contributed by atoms with E-state index in [1.807, 2.05) is 19.1 Å². The summed E-state index contributed by atoms with van der Waals surface area (Å²) in [5, 5.41) is 5.44. The molecule has 0 radical (unpaired) electrons. The normalized spacial score (nSPS) is 11.9. The Kier molecular flexibility index (Phi) is 6.56. The molecule has 0 aliphatic carbocycles. The topological polar surface area (TPSA) is 115 Å². The van der Waals surface area contributed by atoms with Gasteiger partial charge in [-0.2, -0.15) is 0 Å². The third kappa shape index (κ3) is 5.54. The second-order valence-corrected chi connectivity index (χ2v) is 5.49. The summed E-state index contributed by atoms with van der Waals surface area (Å²) in [6, 6.07) is 3.12. The molecular formula is C16H23N5O3. The average Bonchev–Trinajstić information content (AvgIpc) is 3.19. The van der Waals surface area contributed by atoms with E-state index in [0.29, 0.717) is 25.2 Å². The largest absolute Gasteiger partial charge is 0.469 e. The standard InChI is InChI=1S/C16H23N5O3/c1-2-4-13(17)16(23)20-14-9-21(11-19-14)10-15(22)18-7-6-12-5-3-8-24-12/h3,5,8-9,11,13H,2,4,6-7,10,17H2,1H3,(H,18,22)(H,20,23)/t13-/m0/s1. The van der Waals surface area contributed by atoms with E-state index in [-0.39, 0.29) is 18.4 Å². The third-order valence-corrected chi connectivity index (χ3v) is 3.42. The van der Waals surface area contributed by atoms with Gasteiger partial charge in [-0.1, -0.05) is 13.3 Å². The summed E-state index contributed by atoms with van der Waals surface area (Å²) >= 11 is 0. The molecule has 4 N–H and O–H groups in total. The van der Waals surface area contributed by atoms with Crippen molar-refractivity contribution in [1.82, 2.24) is 14.9 Å². The van der Waals surface area contributed by atoms with Gasteiger partial charge in [-0.15, -0.1) is 0 Å². The summed E-state index contributed by atoms with van der Waals surface area (Å²) in [6.07, 6.45) is 6.78. The molecule has 8 nitrogen and oxygen atoms in total. The molecule has 0 saturated heterocycles. The fraction of sp³-hybridized carbons (Fsp3) is 0.438. The van der Waals surface area contributed by atoms with E-state index in [0.717, 1.165) is 12.2 Å². The first-order chi connectivity index (χ1) is 11.6. The summed E-state index contributed by atoms with van der Waals surface area (Å²) in [7, 11) is 0. The maximum atomic E-state index is 11.9. The van der Waals surface area contributed by atoms with Crippen molar-refractivity contribution in [2.75, 3.05) is 11.9 Å². The van der Waals surface area contributed by atoms with E-state index in [1.165, 1.54) is 6.33 Å². The van der Waals surface area contributed by atoms with Gasteiger partial charge in [0.2, 0.25) is 11.8 Å². The Hall–Kier alpha value is -2.61. The minimum Gasteiger partial charge on any atom is -0.469 e. The number of nitrogens with one attached hydrogen (secondary N) is 2. The van der Waals surface area contributed by atoms with Crippen molar-refractivity contribution < 1.29 is 14.0 Å². The fourth-order valence-electron chi connectivity index (χ4n) is 2.17. The van der Waals surface area contributed by atoms with Crippen molar-refractivity contribution in [2.45, 2.75) is 38.8 Å². The van der Waals surface area contributed by atoms with Crippen LogP contribution in [0.15, 0.2) is 35.3 Å². The van der Waals surface area contributed by atoms with E-state index in [1.54, 1.807) is 17.0 Å². The molecule has 0 aromatic carbocycles. The molecule has 0 spiro atoms. The quantitative estimate of drug-likeness (QED) is 0.630. The summed E-state index contributed by atoms with van der Waals surface area (Å²) in [4.78, 5) is 27.7. The van der Waals surface area contributed by atoms with Gasteiger partial charge in [-0.25, -0.2) is 4.98 Å². The number of rotatable bonds is 9. The van der Waals surface area contributed by atoms with Crippen molar-refractivity contribution >= 4 is 17.6 Å². The number of aromatic nitrogens is 2. The van der Waals surface area contributed by atoms with Gasteiger partial charge < -0.3 is 25.4 Å². The number of hydrogen-bond donors (Lipinski definition) is 3. The van der Waals surface area contributed by atoms with Crippen LogP contribution in [-0.4, -0.2) is 34.0 Å². The van der Waals surface area contributed by atoms with Crippen LogP contribution in [0, 0.1) is 0 Å². The maximum Gasteiger partial charge on any atom is 0.242 e. The Morgan fingerprint density at radius 1 is 1.46 bits per heavy atom. The lowest BCUT2D eigenvalue weighted by atomic mass is 10.2. The molecule has 130 valence electrons. The Bertz CT molecular complexity index is 650. The molecule has 0 fully saturated rings. The second-order valence-electron chi connectivity index (χ2n) is 5.49. The summed E-state index contributed by atoms with van der Waals surface area (Å²) in [5.74, 6) is 0.797. The molecule has 1 atom stereocenters. The van der Waals surface area contributed by atoms with Crippen LogP contribution in [0.5, 0.6) is 0 Å². The van der Waals surface area contributed by atoms with Crippen LogP contribution in [0.4, 0.5) is 5.82 Å². The van der Waals surface area contributed by atoms with Gasteiger partial charge in [0.15, 0.2) is 5.82 Å². The lowest BCUT2D eigenvalue weighted by Gasteiger charge is -2.09. The smallest absolute Gasteiger partial charge is 0.242 e. The highest BCUT2D eigenvalue weighted by molar-refractivity contribution is 5.93. The highest BCUT2D eigenvalue weighted by atomic mass is 16.3. The first-order valence-corrected chi connectivity index (χ1v) is 7.95. The zero-order valence-corrected chi connectivity index (χ0v) is 13.7. The summed E-state index contributed by atoms with van der Waals surface area (Å²) in [5.41, 5.74) is 5.74. The van der Waals surface area contributed by atoms with Gasteiger partial charge in [-0.3, -0.25) is 9.59 Å². The number of nitrogens with two attached hydrogens (primary N) is 1. The van der Waals surface area contributed by atoms with E-state index in [4.69, 9.17) is 10.2 Å². The number of carbonyl (C=O) groups is 2. The van der Waals surface area contributed by atoms with Crippen molar-refractivity contribution in [2.24, 2.45) is 5.73 Å². The molecule has 2 amide bonds. The van der Waals surface area contributed by atoms with Gasteiger partial charge in [0.05, 0.1) is 18.6 Å². The van der Waals surface area contributed by atoms with Crippen LogP contribution in [0.2, 0.25) is 0 Å². The number of imidazole rings is 1. The molecule has 0 aliphatic rings. The van der Waals surface area contributed by atoms with Crippen LogP contribution in [-0.2, 0) is 22.6 Å². The number of furan rings is 1. The number of hydrogen-bond acceptors (Lipinski definition) is 5. The van der Waals surface area contributed by atoms with Gasteiger partial charge in [0.1, 0.15) is 12.3 Å². The molecule has 2 rings (SSSR count). The summed E-state index contributed by atoms with van der Waals surface area (Å²) < 4.78 is 6.79. The minimum atomic E-state index is -0.551. The zero-order chi connectivity index (χ0) is 17.4. The molecule has 24 heavy (non-hydrogen) atoms. The molecule has 0 unspecified atom stereocenters. The molecule has 2 aromatic heterocycles. The van der Waals surface area contributed by atoms with E-state index < -0.39 is 6.04 Å². The van der Waals surface area contributed by atoms with Crippen LogP contribution in [0.3, 0.4) is 0 Å². The second kappa shape index (κ2) is 8.88. The van der Waals surface area contributed by atoms with Crippen LogP contribution in [0.25, 0.3) is 0 Å². The number of anilines is 1. The van der Waals surface area contributed by atoms with Crippen molar-refractivity contribution in [3.63, 3.8) is 0 Å². The fourth-order valence-corrected chi connectivity index (χ4v) is 2.17. The van der Waals surface area contributed by atoms with Gasteiger partial charge in [-0.05, 0) is 18.6 Å². The van der Waals surface area contributed by atoms with Gasteiger partial charge >= 0.3 is 0 Å². The van der Waals surface area contributed by atoms with E-state index in [9.17, 15) is 9.59 Å². The monoisotopic (exact) mass is 333 g/mol. The SMILES string of the molecule is CCC[C@H](N)C(=O)Nc1cn(CC(=O)NCCc2ccco2)cn1. The predicted molar refractivity (Wildman–Crippen MR) is 89.2 cm³/mol. The van der Waals surface area contributed by atoms with Gasteiger partial charge in [0, 0.05) is 19.2 Å². The third-order valence-electron chi connectivity index (χ3n) is 3.42. The average molecular weight is 333 g/mol. The first-order valence-electron chi connectivity index (χ1n) is 7.95. The molecule has 8 heteroatoms. The van der Waals surface area contributed by atoms with Crippen LogP contribution < -0.4 is 16.4 Å². The molecule has 0 bridgehead atoms. The lowest BCUT2D eigenvalue weighted by molar-refractivity contribution is -0.121. The predicted octanol–water partition coefficient (Wildman–Crippen LogP) is 0.901. The molecule has 2 aromatic rings. The Balaban J connectivity index is 1.74. The first kappa shape index (κ1) is 17.7. The zero-order valence-electron chi connectivity index (χ0n) is 13.7. The maximum absolute atomic E-state index is 11.9. The van der Waals surface area contributed by atoms with Crippen LogP contribution in [0.1, 0.15) is 25.5 Å². The van der Waals surface area contributed by atoms with Gasteiger partial charge in [0.25, 0.3) is 0 Å². The highest BCUT2D eigenvalue weighted by Crippen LogP contribution is 2.05. The Labute approximate surface area is 140 Å². The molecule has 0 aliphatic heterocycles. The number of nitrogens with zero attached hydrogens (tertiary/aromatic N) is 2. The Morgan fingerprint density at radius 3 is 3.00 bits per heavy atom. The molecular weight excluding hydrogens is 310 g/mol. The van der Waals surface area contributed by atoms with Crippen molar-refractivity contribution in [3.05, 3.63) is 36.7 Å². The molecule has 2 heterocycles. The molecule has 0 saturated carbocycles. The lowest BCUT2D eigenvalue weighted by Crippen LogP contribution is -2.35. The van der Waals surface area contributed by atoms with Crippen molar-refractivity contribution in [1.29, 1.82) is 0 Å². The summed E-state index contributed by atoms with van der Waals surface area (Å²) in [6.45, 7) is 2.59.